The van der Waals surface area contributed by atoms with Gasteiger partial charge in [-0.15, -0.1) is 0 Å². The van der Waals surface area contributed by atoms with Crippen molar-refractivity contribution in [1.29, 1.82) is 0 Å². The van der Waals surface area contributed by atoms with E-state index in [0.29, 0.717) is 0 Å². The van der Waals surface area contributed by atoms with Gasteiger partial charge in [-0.1, -0.05) is 15.9 Å². The number of hydrogen-bond acceptors (Lipinski definition) is 3. The maximum atomic E-state index is 9.45. The lowest BCUT2D eigenvalue weighted by Gasteiger charge is -2.23. The first-order chi connectivity index (χ1) is 7.70. The second-order valence-corrected chi connectivity index (χ2v) is 5.08. The Balaban J connectivity index is 2.11. The van der Waals surface area contributed by atoms with Crippen molar-refractivity contribution in [3.05, 3.63) is 28.2 Å². The minimum atomic E-state index is 0.219. The van der Waals surface area contributed by atoms with E-state index in [2.05, 4.69) is 20.8 Å². The fourth-order valence-electron chi connectivity index (χ4n) is 2.21. The van der Waals surface area contributed by atoms with Crippen LogP contribution in [0.5, 0.6) is 5.75 Å². The Morgan fingerprint density at radius 2 is 2.25 bits per heavy atom. The van der Waals surface area contributed by atoms with E-state index in [9.17, 15) is 10.2 Å². The van der Waals surface area contributed by atoms with Crippen LogP contribution in [0.25, 0.3) is 0 Å². The Morgan fingerprint density at radius 3 is 3.00 bits per heavy atom. The van der Waals surface area contributed by atoms with Gasteiger partial charge in [-0.3, -0.25) is 4.90 Å². The summed E-state index contributed by atoms with van der Waals surface area (Å²) in [5.74, 6) is 0.290. The molecular weight excluding hydrogens is 270 g/mol. The third-order valence-electron chi connectivity index (χ3n) is 3.11. The van der Waals surface area contributed by atoms with Crippen molar-refractivity contribution in [3.63, 3.8) is 0 Å². The van der Waals surface area contributed by atoms with Crippen LogP contribution < -0.4 is 0 Å². The molecule has 2 N–H and O–H groups in total. The topological polar surface area (TPSA) is 43.7 Å². The molecule has 0 unspecified atom stereocenters. The molecule has 4 heteroatoms. The molecular formula is C12H16BrNO2. The van der Waals surface area contributed by atoms with Gasteiger partial charge in [0.15, 0.2) is 0 Å². The summed E-state index contributed by atoms with van der Waals surface area (Å²) in [5, 5.41) is 18.7. The van der Waals surface area contributed by atoms with Gasteiger partial charge in [0.2, 0.25) is 0 Å². The predicted molar refractivity (Wildman–Crippen MR) is 66.3 cm³/mol. The maximum absolute atomic E-state index is 9.45. The first kappa shape index (κ1) is 11.9. The lowest BCUT2D eigenvalue weighted by molar-refractivity contribution is 0.153. The van der Waals surface area contributed by atoms with E-state index in [1.807, 2.05) is 6.07 Å². The number of aliphatic hydroxyl groups excluding tert-OH is 1. The minimum Gasteiger partial charge on any atom is -0.508 e. The number of halogens is 1. The van der Waals surface area contributed by atoms with E-state index < -0.39 is 0 Å². The SMILES string of the molecule is OC[C@H]1CCCN1Cc1cc(O)ccc1Br. The molecule has 1 heterocycles. The highest BCUT2D eigenvalue weighted by molar-refractivity contribution is 9.10. The van der Waals surface area contributed by atoms with Crippen LogP contribution in [0.3, 0.4) is 0 Å². The number of rotatable bonds is 3. The van der Waals surface area contributed by atoms with Crippen LogP contribution in [0.1, 0.15) is 18.4 Å². The summed E-state index contributed by atoms with van der Waals surface area (Å²) in [5.41, 5.74) is 1.07. The van der Waals surface area contributed by atoms with Crippen LogP contribution in [0, 0.1) is 0 Å². The Hall–Kier alpha value is -0.580. The number of phenolic OH excluding ortho intramolecular Hbond substituents is 1. The van der Waals surface area contributed by atoms with Gasteiger partial charge in [-0.05, 0) is 43.1 Å². The van der Waals surface area contributed by atoms with Gasteiger partial charge in [-0.2, -0.15) is 0 Å². The lowest BCUT2D eigenvalue weighted by atomic mass is 10.2. The van der Waals surface area contributed by atoms with Crippen molar-refractivity contribution in [1.82, 2.24) is 4.90 Å². The summed E-state index contributed by atoms with van der Waals surface area (Å²) < 4.78 is 1.01. The number of aliphatic hydroxyl groups is 1. The maximum Gasteiger partial charge on any atom is 0.115 e. The third-order valence-corrected chi connectivity index (χ3v) is 3.89. The van der Waals surface area contributed by atoms with Crippen LogP contribution >= 0.6 is 15.9 Å². The zero-order chi connectivity index (χ0) is 11.5. The van der Waals surface area contributed by atoms with Gasteiger partial charge in [0, 0.05) is 17.1 Å². The number of phenols is 1. The number of likely N-dealkylation sites (tertiary alicyclic amines) is 1. The van der Waals surface area contributed by atoms with E-state index in [1.165, 1.54) is 0 Å². The molecule has 3 nitrogen and oxygen atoms in total. The van der Waals surface area contributed by atoms with Crippen molar-refractivity contribution >= 4 is 15.9 Å². The third kappa shape index (κ3) is 2.56. The molecule has 0 amide bonds. The van der Waals surface area contributed by atoms with Gasteiger partial charge in [0.25, 0.3) is 0 Å². The number of benzene rings is 1. The van der Waals surface area contributed by atoms with Gasteiger partial charge in [-0.25, -0.2) is 0 Å². The molecule has 1 aliphatic heterocycles. The molecule has 1 fully saturated rings. The quantitative estimate of drug-likeness (QED) is 0.894. The molecule has 1 aliphatic rings. The standard InChI is InChI=1S/C12H16BrNO2/c13-12-4-3-11(16)6-9(12)7-14-5-1-2-10(14)8-15/h3-4,6,10,15-16H,1-2,5,7-8H2/t10-/m1/s1. The van der Waals surface area contributed by atoms with E-state index in [4.69, 9.17) is 0 Å². The van der Waals surface area contributed by atoms with Crippen molar-refractivity contribution in [2.45, 2.75) is 25.4 Å². The summed E-state index contributed by atoms with van der Waals surface area (Å²) in [7, 11) is 0. The van der Waals surface area contributed by atoms with E-state index >= 15 is 0 Å². The summed E-state index contributed by atoms with van der Waals surface area (Å²) in [6.45, 7) is 2.02. The molecule has 16 heavy (non-hydrogen) atoms. The molecule has 1 atom stereocenters. The van der Waals surface area contributed by atoms with Gasteiger partial charge < -0.3 is 10.2 Å². The molecule has 0 aromatic heterocycles. The highest BCUT2D eigenvalue weighted by atomic mass is 79.9. The zero-order valence-electron chi connectivity index (χ0n) is 9.06. The second-order valence-electron chi connectivity index (χ2n) is 4.22. The van der Waals surface area contributed by atoms with Crippen LogP contribution in [-0.2, 0) is 6.54 Å². The van der Waals surface area contributed by atoms with Crippen LogP contribution in [0.15, 0.2) is 22.7 Å². The average molecular weight is 286 g/mol. The summed E-state index contributed by atoms with van der Waals surface area (Å²) in [4.78, 5) is 2.26. The van der Waals surface area contributed by atoms with E-state index in [-0.39, 0.29) is 18.4 Å². The highest BCUT2D eigenvalue weighted by Gasteiger charge is 2.24. The van der Waals surface area contributed by atoms with Crippen molar-refractivity contribution in [3.8, 4) is 5.75 Å². The monoisotopic (exact) mass is 285 g/mol. The molecule has 2 rings (SSSR count). The predicted octanol–water partition coefficient (Wildman–Crippen LogP) is 2.11. The molecule has 0 bridgehead atoms. The fourth-order valence-corrected chi connectivity index (χ4v) is 2.58. The molecule has 1 saturated heterocycles. The summed E-state index contributed by atoms with van der Waals surface area (Å²) in [6, 6.07) is 5.57. The van der Waals surface area contributed by atoms with E-state index in [0.717, 1.165) is 36.0 Å². The highest BCUT2D eigenvalue weighted by Crippen LogP contribution is 2.26. The Morgan fingerprint density at radius 1 is 1.44 bits per heavy atom. The first-order valence-electron chi connectivity index (χ1n) is 5.53. The Bertz CT molecular complexity index is 370. The van der Waals surface area contributed by atoms with Gasteiger partial charge in [0.1, 0.15) is 5.75 Å². The van der Waals surface area contributed by atoms with Crippen molar-refractivity contribution in [2.24, 2.45) is 0 Å². The molecule has 0 saturated carbocycles. The lowest BCUT2D eigenvalue weighted by Crippen LogP contribution is -2.31. The number of hydrogen-bond donors (Lipinski definition) is 2. The van der Waals surface area contributed by atoms with Gasteiger partial charge >= 0.3 is 0 Å². The largest absolute Gasteiger partial charge is 0.508 e. The minimum absolute atomic E-state index is 0.219. The van der Waals surface area contributed by atoms with Gasteiger partial charge in [0.05, 0.1) is 6.61 Å². The summed E-state index contributed by atoms with van der Waals surface area (Å²) in [6.07, 6.45) is 2.20. The fraction of sp³-hybridized carbons (Fsp3) is 0.500. The van der Waals surface area contributed by atoms with Crippen LogP contribution in [0.2, 0.25) is 0 Å². The molecule has 0 aliphatic carbocycles. The molecule has 0 radical (unpaired) electrons. The molecule has 1 aromatic carbocycles. The Labute approximate surface area is 104 Å². The average Bonchev–Trinajstić information content (AvgIpc) is 2.71. The van der Waals surface area contributed by atoms with Crippen LogP contribution in [-0.4, -0.2) is 34.3 Å². The smallest absolute Gasteiger partial charge is 0.115 e. The number of aromatic hydroxyl groups is 1. The second kappa shape index (κ2) is 5.17. The molecule has 0 spiro atoms. The van der Waals surface area contributed by atoms with E-state index in [1.54, 1.807) is 12.1 Å². The first-order valence-corrected chi connectivity index (χ1v) is 6.32. The molecule has 1 aromatic rings. The Kier molecular flexibility index (Phi) is 3.84. The zero-order valence-corrected chi connectivity index (χ0v) is 10.7. The summed E-state index contributed by atoms with van der Waals surface area (Å²) >= 11 is 3.48. The van der Waals surface area contributed by atoms with Crippen LogP contribution in [0.4, 0.5) is 0 Å². The van der Waals surface area contributed by atoms with Crippen molar-refractivity contribution in [2.75, 3.05) is 13.2 Å². The normalized spacial score (nSPS) is 21.5. The number of nitrogens with zero attached hydrogens (tertiary/aromatic N) is 1. The van der Waals surface area contributed by atoms with Crippen molar-refractivity contribution < 1.29 is 10.2 Å². The molecule has 88 valence electrons.